The minimum absolute atomic E-state index is 0.0303. The van der Waals surface area contributed by atoms with Crippen LogP contribution < -0.4 is 0 Å². The fourth-order valence-electron chi connectivity index (χ4n) is 2.75. The summed E-state index contributed by atoms with van der Waals surface area (Å²) >= 11 is 0. The third kappa shape index (κ3) is 2.45. The van der Waals surface area contributed by atoms with Gasteiger partial charge in [0, 0.05) is 23.5 Å². The molecular weight excluding hydrogens is 260 g/mol. The maximum atomic E-state index is 11.9. The number of carbonyl (C=O) groups excluding carboxylic acids is 3. The Bertz CT molecular complexity index is 528. The van der Waals surface area contributed by atoms with Gasteiger partial charge < -0.3 is 9.84 Å². The zero-order chi connectivity index (χ0) is 15.0. The Morgan fingerprint density at radius 2 is 2.10 bits per heavy atom. The molecule has 1 heterocycles. The molecule has 108 valence electrons. The van der Waals surface area contributed by atoms with Gasteiger partial charge in [-0.3, -0.25) is 9.59 Å². The monoisotopic (exact) mass is 278 g/mol. The summed E-state index contributed by atoms with van der Waals surface area (Å²) < 4.78 is 5.25. The SMILES string of the molecule is C=C1C(=O)OC(C2=C(C)CCC2=O)C1CC(O)C(C)=O. The van der Waals surface area contributed by atoms with Crippen LogP contribution in [0.25, 0.3) is 0 Å². The lowest BCUT2D eigenvalue weighted by molar-refractivity contribution is -0.138. The molecule has 20 heavy (non-hydrogen) atoms. The smallest absolute Gasteiger partial charge is 0.334 e. The van der Waals surface area contributed by atoms with Gasteiger partial charge in [0.15, 0.2) is 11.6 Å². The fourth-order valence-corrected chi connectivity index (χ4v) is 2.75. The van der Waals surface area contributed by atoms with Crippen molar-refractivity contribution >= 4 is 17.5 Å². The number of rotatable bonds is 4. The van der Waals surface area contributed by atoms with Crippen molar-refractivity contribution in [3.05, 3.63) is 23.3 Å². The summed E-state index contributed by atoms with van der Waals surface area (Å²) in [5.74, 6) is -1.49. The van der Waals surface area contributed by atoms with Gasteiger partial charge in [0.1, 0.15) is 12.2 Å². The van der Waals surface area contributed by atoms with E-state index in [0.717, 1.165) is 5.57 Å². The highest BCUT2D eigenvalue weighted by atomic mass is 16.6. The first-order chi connectivity index (χ1) is 9.32. The second-order valence-electron chi connectivity index (χ2n) is 5.44. The largest absolute Gasteiger partial charge is 0.453 e. The average Bonchev–Trinajstić information content (AvgIpc) is 2.83. The fraction of sp³-hybridized carbons (Fsp3) is 0.533. The molecule has 0 saturated carbocycles. The number of cyclic esters (lactones) is 1. The minimum Gasteiger partial charge on any atom is -0.453 e. The quantitative estimate of drug-likeness (QED) is 0.615. The second kappa shape index (κ2) is 5.32. The van der Waals surface area contributed by atoms with Gasteiger partial charge in [-0.05, 0) is 26.7 Å². The standard InChI is InChI=1S/C15H18O5/c1-7-4-5-11(17)13(7)14-10(6-12(18)9(3)16)8(2)15(19)20-14/h10,12,14,18H,2,4-6H2,1,3H3. The second-order valence-corrected chi connectivity index (χ2v) is 5.44. The van der Waals surface area contributed by atoms with Gasteiger partial charge in [-0.2, -0.15) is 0 Å². The molecule has 0 spiro atoms. The Balaban J connectivity index is 2.29. The molecule has 1 N–H and O–H groups in total. The molecule has 0 bridgehead atoms. The van der Waals surface area contributed by atoms with Crippen molar-refractivity contribution in [1.82, 2.24) is 0 Å². The topological polar surface area (TPSA) is 80.7 Å². The van der Waals surface area contributed by atoms with Gasteiger partial charge in [0.25, 0.3) is 0 Å². The molecule has 0 radical (unpaired) electrons. The molecule has 5 heteroatoms. The number of carbonyl (C=O) groups is 3. The van der Waals surface area contributed by atoms with Crippen LogP contribution >= 0.6 is 0 Å². The van der Waals surface area contributed by atoms with Gasteiger partial charge in [0.2, 0.25) is 0 Å². The van der Waals surface area contributed by atoms with Gasteiger partial charge in [-0.25, -0.2) is 4.79 Å². The van der Waals surface area contributed by atoms with Crippen molar-refractivity contribution in [1.29, 1.82) is 0 Å². The van der Waals surface area contributed by atoms with E-state index in [1.165, 1.54) is 6.92 Å². The highest BCUT2D eigenvalue weighted by Crippen LogP contribution is 2.39. The average molecular weight is 278 g/mol. The molecule has 0 aromatic carbocycles. The highest BCUT2D eigenvalue weighted by molar-refractivity contribution is 6.02. The Hall–Kier alpha value is -1.75. The molecule has 1 saturated heterocycles. The lowest BCUT2D eigenvalue weighted by atomic mass is 9.85. The zero-order valence-corrected chi connectivity index (χ0v) is 11.6. The summed E-state index contributed by atoms with van der Waals surface area (Å²) in [4.78, 5) is 34.8. The number of allylic oxidation sites excluding steroid dienone is 1. The zero-order valence-electron chi connectivity index (χ0n) is 11.6. The van der Waals surface area contributed by atoms with E-state index in [1.807, 2.05) is 6.92 Å². The molecule has 0 aromatic heterocycles. The van der Waals surface area contributed by atoms with E-state index in [1.54, 1.807) is 0 Å². The van der Waals surface area contributed by atoms with Gasteiger partial charge in [0.05, 0.1) is 0 Å². The third-order valence-corrected chi connectivity index (χ3v) is 4.03. The highest BCUT2D eigenvalue weighted by Gasteiger charge is 2.45. The summed E-state index contributed by atoms with van der Waals surface area (Å²) in [6, 6.07) is 0. The predicted molar refractivity (Wildman–Crippen MR) is 70.8 cm³/mol. The number of ketones is 2. The first-order valence-corrected chi connectivity index (χ1v) is 6.64. The lowest BCUT2D eigenvalue weighted by Crippen LogP contribution is -2.29. The molecule has 2 rings (SSSR count). The van der Waals surface area contributed by atoms with Crippen LogP contribution in [0.4, 0.5) is 0 Å². The maximum Gasteiger partial charge on any atom is 0.334 e. The molecular formula is C15H18O5. The summed E-state index contributed by atoms with van der Waals surface area (Å²) in [6.45, 7) is 6.79. The van der Waals surface area contributed by atoms with Crippen LogP contribution in [0.3, 0.4) is 0 Å². The molecule has 2 aliphatic rings. The normalized spacial score (nSPS) is 28.1. The van der Waals surface area contributed by atoms with Crippen molar-refractivity contribution < 1.29 is 24.2 Å². The summed E-state index contributed by atoms with van der Waals surface area (Å²) in [6.07, 6.45) is -0.750. The Kier molecular flexibility index (Phi) is 3.90. The van der Waals surface area contributed by atoms with Crippen LogP contribution in [0.1, 0.15) is 33.1 Å². The van der Waals surface area contributed by atoms with Crippen LogP contribution in [0.2, 0.25) is 0 Å². The predicted octanol–water partition coefficient (Wildman–Crippen LogP) is 1.10. The van der Waals surface area contributed by atoms with E-state index in [-0.39, 0.29) is 23.6 Å². The molecule has 0 amide bonds. The van der Waals surface area contributed by atoms with E-state index in [2.05, 4.69) is 6.58 Å². The first kappa shape index (κ1) is 14.7. The van der Waals surface area contributed by atoms with Crippen LogP contribution in [0, 0.1) is 5.92 Å². The molecule has 5 nitrogen and oxygen atoms in total. The van der Waals surface area contributed by atoms with Crippen molar-refractivity contribution in [2.24, 2.45) is 5.92 Å². The van der Waals surface area contributed by atoms with E-state index in [0.29, 0.717) is 18.4 Å². The Labute approximate surface area is 117 Å². The number of aliphatic hydroxyl groups excluding tert-OH is 1. The molecule has 1 fully saturated rings. The molecule has 1 aliphatic carbocycles. The van der Waals surface area contributed by atoms with E-state index >= 15 is 0 Å². The van der Waals surface area contributed by atoms with Gasteiger partial charge in [-0.1, -0.05) is 12.2 Å². The van der Waals surface area contributed by atoms with E-state index in [4.69, 9.17) is 4.74 Å². The molecule has 0 aromatic rings. The van der Waals surface area contributed by atoms with Crippen molar-refractivity contribution in [2.45, 2.75) is 45.3 Å². The van der Waals surface area contributed by atoms with Crippen molar-refractivity contribution in [3.63, 3.8) is 0 Å². The number of hydrogen-bond donors (Lipinski definition) is 1. The van der Waals surface area contributed by atoms with E-state index in [9.17, 15) is 19.5 Å². The van der Waals surface area contributed by atoms with Crippen LogP contribution in [0.15, 0.2) is 23.3 Å². The summed E-state index contributed by atoms with van der Waals surface area (Å²) in [7, 11) is 0. The first-order valence-electron chi connectivity index (χ1n) is 6.64. The van der Waals surface area contributed by atoms with Gasteiger partial charge >= 0.3 is 5.97 Å². The molecule has 1 aliphatic heterocycles. The summed E-state index contributed by atoms with van der Waals surface area (Å²) in [5.41, 5.74) is 1.64. The lowest BCUT2D eigenvalue weighted by Gasteiger charge is -2.20. The molecule has 3 atom stereocenters. The number of Topliss-reactive ketones (excluding diaryl/α,β-unsaturated/α-hetero) is 2. The number of ether oxygens (including phenoxy) is 1. The number of aliphatic hydroxyl groups is 1. The van der Waals surface area contributed by atoms with Gasteiger partial charge in [-0.15, -0.1) is 0 Å². The summed E-state index contributed by atoms with van der Waals surface area (Å²) in [5, 5.41) is 9.72. The Morgan fingerprint density at radius 1 is 1.45 bits per heavy atom. The van der Waals surface area contributed by atoms with Crippen LogP contribution in [0.5, 0.6) is 0 Å². The number of esters is 1. The van der Waals surface area contributed by atoms with Crippen molar-refractivity contribution in [2.75, 3.05) is 0 Å². The van der Waals surface area contributed by atoms with E-state index < -0.39 is 24.1 Å². The van der Waals surface area contributed by atoms with Crippen LogP contribution in [-0.4, -0.2) is 34.9 Å². The Morgan fingerprint density at radius 3 is 2.60 bits per heavy atom. The number of hydrogen-bond acceptors (Lipinski definition) is 5. The third-order valence-electron chi connectivity index (χ3n) is 4.03. The maximum absolute atomic E-state index is 11.9. The van der Waals surface area contributed by atoms with Crippen LogP contribution in [-0.2, 0) is 19.1 Å². The minimum atomic E-state index is -1.17. The van der Waals surface area contributed by atoms with Crippen molar-refractivity contribution in [3.8, 4) is 0 Å². The molecule has 3 unspecified atom stereocenters.